The average molecular weight is 409 g/mol. The average Bonchev–Trinajstić information content (AvgIpc) is 2.90. The number of benzene rings is 3. The Balaban J connectivity index is 1.72. The zero-order valence-corrected chi connectivity index (χ0v) is 15.5. The van der Waals surface area contributed by atoms with Crippen molar-refractivity contribution >= 4 is 61.3 Å². The molecule has 25 heavy (non-hydrogen) atoms. The number of nitrogens with one attached hydrogen (secondary N) is 1. The summed E-state index contributed by atoms with van der Waals surface area (Å²) in [6.07, 6.45) is 1.83. The third-order valence-corrected chi connectivity index (χ3v) is 5.62. The van der Waals surface area contributed by atoms with Crippen LogP contribution in [0.5, 0.6) is 0 Å². The molecule has 5 heteroatoms. The maximum atomic E-state index is 12.8. The second-order valence-electron chi connectivity index (χ2n) is 5.61. The van der Waals surface area contributed by atoms with Crippen molar-refractivity contribution in [1.82, 2.24) is 0 Å². The zero-order chi connectivity index (χ0) is 17.4. The summed E-state index contributed by atoms with van der Waals surface area (Å²) >= 11 is 4.68. The number of carbonyl (C=O) groups excluding carboxylic acids is 1. The molecule has 0 unspecified atom stereocenters. The van der Waals surface area contributed by atoms with Crippen LogP contribution in [0.2, 0.25) is 0 Å². The quantitative estimate of drug-likeness (QED) is 0.556. The van der Waals surface area contributed by atoms with Gasteiger partial charge in [-0.25, -0.2) is 0 Å². The van der Waals surface area contributed by atoms with Crippen molar-refractivity contribution in [1.29, 1.82) is 5.41 Å². The topological polar surface area (TPSA) is 44.2 Å². The number of hydrogen-bond acceptors (Lipinski definition) is 3. The molecule has 0 atom stereocenters. The van der Waals surface area contributed by atoms with Crippen LogP contribution >= 0.6 is 27.7 Å². The second kappa shape index (κ2) is 6.50. The molecular weight excluding hydrogens is 396 g/mol. The van der Waals surface area contributed by atoms with Gasteiger partial charge < -0.3 is 0 Å². The Morgan fingerprint density at radius 3 is 2.48 bits per heavy atom. The van der Waals surface area contributed by atoms with Gasteiger partial charge in [0.25, 0.3) is 5.91 Å². The Morgan fingerprint density at radius 2 is 1.68 bits per heavy atom. The molecule has 0 aliphatic carbocycles. The maximum absolute atomic E-state index is 12.8. The van der Waals surface area contributed by atoms with Gasteiger partial charge in [0.2, 0.25) is 0 Å². The molecule has 1 aliphatic rings. The van der Waals surface area contributed by atoms with Gasteiger partial charge in [-0.2, -0.15) is 0 Å². The van der Waals surface area contributed by atoms with Crippen molar-refractivity contribution in [3.63, 3.8) is 0 Å². The van der Waals surface area contributed by atoms with Crippen LogP contribution in [0.3, 0.4) is 0 Å². The first-order chi connectivity index (χ1) is 12.1. The summed E-state index contributed by atoms with van der Waals surface area (Å²) in [7, 11) is 0. The van der Waals surface area contributed by atoms with Crippen LogP contribution in [0.1, 0.15) is 5.56 Å². The third-order valence-electron chi connectivity index (χ3n) is 4.01. The molecule has 0 saturated carbocycles. The smallest absolute Gasteiger partial charge is 0.271 e. The van der Waals surface area contributed by atoms with E-state index >= 15 is 0 Å². The SMILES string of the molecule is N=C1S/C(=C\c2ccccc2Br)C(=O)N1c1ccc2ccccc2c1. The number of halogens is 1. The molecule has 1 amide bonds. The van der Waals surface area contributed by atoms with Gasteiger partial charge in [0.1, 0.15) is 0 Å². The summed E-state index contributed by atoms with van der Waals surface area (Å²) < 4.78 is 0.923. The third kappa shape index (κ3) is 3.01. The van der Waals surface area contributed by atoms with Crippen LogP contribution in [0.25, 0.3) is 16.8 Å². The van der Waals surface area contributed by atoms with Crippen LogP contribution in [-0.2, 0) is 4.79 Å². The standard InChI is InChI=1S/C20H13BrN2OS/c21-17-8-4-3-7-15(17)12-18-19(24)23(20(22)25-18)16-10-9-13-5-1-2-6-14(13)11-16/h1-12,22H/b18-12-,22-20?. The molecule has 3 aromatic rings. The molecule has 1 fully saturated rings. The first-order valence-corrected chi connectivity index (χ1v) is 9.30. The van der Waals surface area contributed by atoms with E-state index in [9.17, 15) is 4.79 Å². The number of anilines is 1. The first-order valence-electron chi connectivity index (χ1n) is 7.69. The Bertz CT molecular complexity index is 1040. The molecule has 122 valence electrons. The Hall–Kier alpha value is -2.37. The molecule has 0 spiro atoms. The minimum absolute atomic E-state index is 0.166. The molecule has 3 aromatic carbocycles. The van der Waals surface area contributed by atoms with Crippen LogP contribution in [0.4, 0.5) is 5.69 Å². The minimum Gasteiger partial charge on any atom is -0.278 e. The van der Waals surface area contributed by atoms with Crippen molar-refractivity contribution < 1.29 is 4.79 Å². The predicted octanol–water partition coefficient (Wildman–Crippen LogP) is 5.66. The highest BCUT2D eigenvalue weighted by atomic mass is 79.9. The van der Waals surface area contributed by atoms with E-state index in [4.69, 9.17) is 5.41 Å². The fourth-order valence-corrected chi connectivity index (χ4v) is 4.02. The molecule has 4 rings (SSSR count). The van der Waals surface area contributed by atoms with Gasteiger partial charge in [0.15, 0.2) is 5.17 Å². The number of amidine groups is 1. The van der Waals surface area contributed by atoms with E-state index in [1.807, 2.05) is 72.8 Å². The second-order valence-corrected chi connectivity index (χ2v) is 7.49. The van der Waals surface area contributed by atoms with Crippen LogP contribution < -0.4 is 4.90 Å². The Labute approximate surface area is 158 Å². The van der Waals surface area contributed by atoms with E-state index in [0.717, 1.165) is 26.5 Å². The van der Waals surface area contributed by atoms with Crippen molar-refractivity contribution in [2.24, 2.45) is 0 Å². The minimum atomic E-state index is -0.166. The van der Waals surface area contributed by atoms with Gasteiger partial charge in [0, 0.05) is 4.47 Å². The molecular formula is C20H13BrN2OS. The van der Waals surface area contributed by atoms with Gasteiger partial charge in [-0.1, -0.05) is 64.5 Å². The number of rotatable bonds is 2. The zero-order valence-electron chi connectivity index (χ0n) is 13.1. The van der Waals surface area contributed by atoms with Gasteiger partial charge in [-0.3, -0.25) is 15.1 Å². The molecule has 1 N–H and O–H groups in total. The predicted molar refractivity (Wildman–Crippen MR) is 109 cm³/mol. The van der Waals surface area contributed by atoms with Gasteiger partial charge in [-0.05, 0) is 52.4 Å². The van der Waals surface area contributed by atoms with E-state index in [2.05, 4.69) is 15.9 Å². The maximum Gasteiger partial charge on any atom is 0.271 e. The lowest BCUT2D eigenvalue weighted by Gasteiger charge is -2.15. The van der Waals surface area contributed by atoms with Crippen molar-refractivity contribution in [2.45, 2.75) is 0 Å². The highest BCUT2D eigenvalue weighted by molar-refractivity contribution is 9.10. The summed E-state index contributed by atoms with van der Waals surface area (Å²) in [6.45, 7) is 0. The van der Waals surface area contributed by atoms with Crippen LogP contribution in [-0.4, -0.2) is 11.1 Å². The molecule has 1 heterocycles. The fourth-order valence-electron chi connectivity index (χ4n) is 2.77. The molecule has 0 bridgehead atoms. The largest absolute Gasteiger partial charge is 0.278 e. The Kier molecular flexibility index (Phi) is 4.19. The lowest BCUT2D eigenvalue weighted by atomic mass is 10.1. The highest BCUT2D eigenvalue weighted by Crippen LogP contribution is 2.36. The number of fused-ring (bicyclic) bond motifs is 1. The first kappa shape index (κ1) is 16.1. The van der Waals surface area contributed by atoms with E-state index < -0.39 is 0 Å². The van der Waals surface area contributed by atoms with E-state index in [-0.39, 0.29) is 11.1 Å². The van der Waals surface area contributed by atoms with E-state index in [0.29, 0.717) is 4.91 Å². The van der Waals surface area contributed by atoms with E-state index in [1.165, 1.54) is 16.7 Å². The van der Waals surface area contributed by atoms with Crippen LogP contribution in [0, 0.1) is 5.41 Å². The summed E-state index contributed by atoms with van der Waals surface area (Å²) in [5.74, 6) is -0.166. The molecule has 3 nitrogen and oxygen atoms in total. The summed E-state index contributed by atoms with van der Waals surface area (Å²) in [4.78, 5) is 14.9. The monoisotopic (exact) mass is 408 g/mol. The number of nitrogens with zero attached hydrogens (tertiary/aromatic N) is 1. The Morgan fingerprint density at radius 1 is 0.960 bits per heavy atom. The van der Waals surface area contributed by atoms with Crippen molar-refractivity contribution in [3.8, 4) is 0 Å². The fraction of sp³-hybridized carbons (Fsp3) is 0. The normalized spacial score (nSPS) is 16.2. The lowest BCUT2D eigenvalue weighted by Crippen LogP contribution is -2.28. The molecule has 1 saturated heterocycles. The van der Waals surface area contributed by atoms with Crippen molar-refractivity contribution in [3.05, 3.63) is 81.7 Å². The van der Waals surface area contributed by atoms with Gasteiger partial charge in [0.05, 0.1) is 10.6 Å². The lowest BCUT2D eigenvalue weighted by molar-refractivity contribution is -0.113. The highest BCUT2D eigenvalue weighted by Gasteiger charge is 2.33. The van der Waals surface area contributed by atoms with Gasteiger partial charge in [-0.15, -0.1) is 0 Å². The number of carbonyl (C=O) groups is 1. The molecule has 0 aromatic heterocycles. The molecule has 1 aliphatic heterocycles. The number of hydrogen-bond donors (Lipinski definition) is 1. The van der Waals surface area contributed by atoms with Crippen molar-refractivity contribution in [2.75, 3.05) is 4.90 Å². The number of amides is 1. The van der Waals surface area contributed by atoms with E-state index in [1.54, 1.807) is 0 Å². The number of thioether (sulfide) groups is 1. The summed E-state index contributed by atoms with van der Waals surface area (Å²) in [5, 5.41) is 10.6. The summed E-state index contributed by atoms with van der Waals surface area (Å²) in [6, 6.07) is 21.5. The molecule has 0 radical (unpaired) electrons. The van der Waals surface area contributed by atoms with Crippen LogP contribution in [0.15, 0.2) is 76.1 Å². The summed E-state index contributed by atoms with van der Waals surface area (Å²) in [5.41, 5.74) is 1.64. The van der Waals surface area contributed by atoms with Gasteiger partial charge >= 0.3 is 0 Å².